The summed E-state index contributed by atoms with van der Waals surface area (Å²) in [6.07, 6.45) is 5.72. The standard InChI is InChI=1S/C17H34N2/c1-6-18-16-15(9-10-17(16,4)5)12-19(13(2)3)11-14-7-8-14/h13-16,18H,6-12H2,1-5H3. The third kappa shape index (κ3) is 3.95. The maximum Gasteiger partial charge on any atom is 0.0159 e. The molecule has 2 aliphatic carbocycles. The van der Waals surface area contributed by atoms with Gasteiger partial charge >= 0.3 is 0 Å². The molecule has 0 aromatic rings. The lowest BCUT2D eigenvalue weighted by Crippen LogP contribution is -2.47. The molecule has 2 heteroatoms. The summed E-state index contributed by atoms with van der Waals surface area (Å²) in [6.45, 7) is 15.6. The van der Waals surface area contributed by atoms with Gasteiger partial charge in [0.05, 0.1) is 0 Å². The first-order valence-electron chi connectivity index (χ1n) is 8.41. The summed E-state index contributed by atoms with van der Waals surface area (Å²) in [5.74, 6) is 1.85. The molecule has 2 aliphatic rings. The molecule has 2 rings (SSSR count). The summed E-state index contributed by atoms with van der Waals surface area (Å²) in [5, 5.41) is 3.77. The highest BCUT2D eigenvalue weighted by Gasteiger charge is 2.42. The van der Waals surface area contributed by atoms with E-state index in [1.807, 2.05) is 0 Å². The van der Waals surface area contributed by atoms with Gasteiger partial charge in [0.1, 0.15) is 0 Å². The highest BCUT2D eigenvalue weighted by atomic mass is 15.2. The molecular formula is C17H34N2. The Hall–Kier alpha value is -0.0800. The largest absolute Gasteiger partial charge is 0.313 e. The van der Waals surface area contributed by atoms with Crippen LogP contribution in [0.1, 0.15) is 60.3 Å². The highest BCUT2D eigenvalue weighted by molar-refractivity contribution is 4.97. The van der Waals surface area contributed by atoms with Gasteiger partial charge in [-0.15, -0.1) is 0 Å². The van der Waals surface area contributed by atoms with Gasteiger partial charge in [-0.05, 0) is 63.3 Å². The maximum absolute atomic E-state index is 3.77. The average molecular weight is 266 g/mol. The lowest BCUT2D eigenvalue weighted by Gasteiger charge is -2.36. The van der Waals surface area contributed by atoms with E-state index < -0.39 is 0 Å². The minimum atomic E-state index is 0.475. The van der Waals surface area contributed by atoms with Gasteiger partial charge in [0.25, 0.3) is 0 Å². The van der Waals surface area contributed by atoms with Crippen molar-refractivity contribution in [1.29, 1.82) is 0 Å². The van der Waals surface area contributed by atoms with Crippen LogP contribution in [0.25, 0.3) is 0 Å². The quantitative estimate of drug-likeness (QED) is 0.758. The van der Waals surface area contributed by atoms with Crippen LogP contribution in [0.15, 0.2) is 0 Å². The van der Waals surface area contributed by atoms with Crippen molar-refractivity contribution in [3.8, 4) is 0 Å². The summed E-state index contributed by atoms with van der Waals surface area (Å²) in [6, 6.07) is 1.41. The molecule has 2 atom stereocenters. The summed E-state index contributed by atoms with van der Waals surface area (Å²) in [7, 11) is 0. The van der Waals surface area contributed by atoms with E-state index >= 15 is 0 Å². The molecule has 2 saturated carbocycles. The lowest BCUT2D eigenvalue weighted by molar-refractivity contribution is 0.152. The van der Waals surface area contributed by atoms with Crippen LogP contribution < -0.4 is 5.32 Å². The van der Waals surface area contributed by atoms with Crippen LogP contribution in [0.5, 0.6) is 0 Å². The fourth-order valence-corrected chi connectivity index (χ4v) is 3.81. The summed E-state index contributed by atoms with van der Waals surface area (Å²) >= 11 is 0. The molecule has 0 aromatic carbocycles. The first-order chi connectivity index (χ1) is 8.94. The molecule has 19 heavy (non-hydrogen) atoms. The molecule has 2 unspecified atom stereocenters. The Balaban J connectivity index is 1.94. The van der Waals surface area contributed by atoms with E-state index in [1.165, 1.54) is 38.8 Å². The molecule has 0 saturated heterocycles. The number of hydrogen-bond acceptors (Lipinski definition) is 2. The van der Waals surface area contributed by atoms with Gasteiger partial charge in [0.2, 0.25) is 0 Å². The van der Waals surface area contributed by atoms with Crippen molar-refractivity contribution in [1.82, 2.24) is 10.2 Å². The zero-order valence-corrected chi connectivity index (χ0v) is 13.7. The monoisotopic (exact) mass is 266 g/mol. The van der Waals surface area contributed by atoms with Crippen molar-refractivity contribution < 1.29 is 0 Å². The minimum Gasteiger partial charge on any atom is -0.313 e. The van der Waals surface area contributed by atoms with Crippen molar-refractivity contribution in [3.05, 3.63) is 0 Å². The fourth-order valence-electron chi connectivity index (χ4n) is 3.81. The topological polar surface area (TPSA) is 15.3 Å². The lowest BCUT2D eigenvalue weighted by atomic mass is 9.84. The summed E-state index contributed by atoms with van der Waals surface area (Å²) < 4.78 is 0. The zero-order valence-electron chi connectivity index (χ0n) is 13.7. The van der Waals surface area contributed by atoms with Crippen LogP contribution in [0.2, 0.25) is 0 Å². The second kappa shape index (κ2) is 6.13. The molecule has 0 heterocycles. The van der Waals surface area contributed by atoms with Crippen LogP contribution in [0.3, 0.4) is 0 Å². The van der Waals surface area contributed by atoms with Crippen LogP contribution >= 0.6 is 0 Å². The first kappa shape index (κ1) is 15.3. The summed E-state index contributed by atoms with van der Waals surface area (Å²) in [4.78, 5) is 2.74. The van der Waals surface area contributed by atoms with Crippen LogP contribution in [-0.4, -0.2) is 36.6 Å². The van der Waals surface area contributed by atoms with Gasteiger partial charge in [0, 0.05) is 25.2 Å². The molecule has 112 valence electrons. The van der Waals surface area contributed by atoms with Crippen molar-refractivity contribution >= 4 is 0 Å². The molecule has 0 spiro atoms. The molecule has 2 nitrogen and oxygen atoms in total. The van der Waals surface area contributed by atoms with Crippen LogP contribution in [-0.2, 0) is 0 Å². The Morgan fingerprint density at radius 1 is 1.16 bits per heavy atom. The van der Waals surface area contributed by atoms with E-state index in [0.717, 1.165) is 18.4 Å². The third-order valence-corrected chi connectivity index (χ3v) is 5.29. The molecule has 0 bridgehead atoms. The van der Waals surface area contributed by atoms with Crippen molar-refractivity contribution in [2.75, 3.05) is 19.6 Å². The Bertz CT molecular complexity index is 281. The van der Waals surface area contributed by atoms with E-state index in [0.29, 0.717) is 17.5 Å². The van der Waals surface area contributed by atoms with Crippen molar-refractivity contribution in [2.24, 2.45) is 17.3 Å². The van der Waals surface area contributed by atoms with E-state index in [9.17, 15) is 0 Å². The average Bonchev–Trinajstić information content (AvgIpc) is 3.09. The predicted molar refractivity (Wildman–Crippen MR) is 83.4 cm³/mol. The molecule has 2 fully saturated rings. The maximum atomic E-state index is 3.77. The normalized spacial score (nSPS) is 30.5. The Labute approximate surface area is 120 Å². The molecule has 0 radical (unpaired) electrons. The Morgan fingerprint density at radius 2 is 1.84 bits per heavy atom. The van der Waals surface area contributed by atoms with Crippen molar-refractivity contribution in [2.45, 2.75) is 72.4 Å². The van der Waals surface area contributed by atoms with E-state index in [1.54, 1.807) is 0 Å². The van der Waals surface area contributed by atoms with Gasteiger partial charge in [-0.3, -0.25) is 0 Å². The van der Waals surface area contributed by atoms with Crippen LogP contribution in [0.4, 0.5) is 0 Å². The minimum absolute atomic E-state index is 0.475. The molecule has 1 N–H and O–H groups in total. The summed E-state index contributed by atoms with van der Waals surface area (Å²) in [5.41, 5.74) is 0.475. The van der Waals surface area contributed by atoms with E-state index in [2.05, 4.69) is 44.8 Å². The molecule has 0 aliphatic heterocycles. The van der Waals surface area contributed by atoms with Gasteiger partial charge in [-0.1, -0.05) is 20.8 Å². The molecule has 0 aromatic heterocycles. The highest BCUT2D eigenvalue weighted by Crippen LogP contribution is 2.42. The van der Waals surface area contributed by atoms with E-state index in [4.69, 9.17) is 0 Å². The van der Waals surface area contributed by atoms with Crippen LogP contribution in [0, 0.1) is 17.3 Å². The molecular weight excluding hydrogens is 232 g/mol. The Morgan fingerprint density at radius 3 is 2.37 bits per heavy atom. The fraction of sp³-hybridized carbons (Fsp3) is 1.00. The van der Waals surface area contributed by atoms with E-state index in [-0.39, 0.29) is 0 Å². The third-order valence-electron chi connectivity index (χ3n) is 5.29. The number of nitrogens with one attached hydrogen (secondary N) is 1. The second-order valence-corrected chi connectivity index (χ2v) is 7.81. The number of hydrogen-bond donors (Lipinski definition) is 1. The SMILES string of the molecule is CCNC1C(CN(CC2CC2)C(C)C)CCC1(C)C. The number of nitrogens with zero attached hydrogens (tertiary/aromatic N) is 1. The first-order valence-corrected chi connectivity index (χ1v) is 8.41. The van der Waals surface area contributed by atoms with Gasteiger partial charge in [0.15, 0.2) is 0 Å². The molecule has 0 amide bonds. The van der Waals surface area contributed by atoms with Gasteiger partial charge in [-0.25, -0.2) is 0 Å². The Kier molecular flexibility index (Phi) is 4.94. The smallest absolute Gasteiger partial charge is 0.0159 e. The van der Waals surface area contributed by atoms with Gasteiger partial charge < -0.3 is 10.2 Å². The van der Waals surface area contributed by atoms with Crippen molar-refractivity contribution in [3.63, 3.8) is 0 Å². The number of rotatable bonds is 7. The van der Waals surface area contributed by atoms with Gasteiger partial charge in [-0.2, -0.15) is 0 Å². The second-order valence-electron chi connectivity index (χ2n) is 7.81. The zero-order chi connectivity index (χ0) is 14.0. The predicted octanol–water partition coefficient (Wildman–Crippen LogP) is 3.52.